The molecular formula is C17H19NO. The Bertz CT molecular complexity index is 577. The third kappa shape index (κ3) is 2.58. The first-order chi connectivity index (χ1) is 9.36. The molecule has 0 aliphatic heterocycles. The van der Waals surface area contributed by atoms with Gasteiger partial charge in [0, 0.05) is 17.8 Å². The van der Waals surface area contributed by atoms with Crippen LogP contribution in [0.25, 0.3) is 0 Å². The highest BCUT2D eigenvalue weighted by molar-refractivity contribution is 5.51. The van der Waals surface area contributed by atoms with Gasteiger partial charge < -0.3 is 10.1 Å². The van der Waals surface area contributed by atoms with Crippen LogP contribution in [0.3, 0.4) is 0 Å². The Morgan fingerprint density at radius 1 is 1.05 bits per heavy atom. The van der Waals surface area contributed by atoms with E-state index in [4.69, 9.17) is 4.74 Å². The first-order valence-electron chi connectivity index (χ1n) is 6.84. The molecule has 0 aromatic heterocycles. The van der Waals surface area contributed by atoms with Crippen molar-refractivity contribution in [2.24, 2.45) is 0 Å². The number of rotatable bonds is 4. The lowest BCUT2D eigenvalue weighted by Crippen LogP contribution is -2.02. The maximum Gasteiger partial charge on any atom is 0.123 e. The topological polar surface area (TPSA) is 21.3 Å². The average molecular weight is 253 g/mol. The number of anilines is 1. The highest BCUT2D eigenvalue weighted by atomic mass is 16.5. The number of benzene rings is 2. The molecule has 0 saturated heterocycles. The van der Waals surface area contributed by atoms with Crippen LogP contribution < -0.4 is 10.1 Å². The molecule has 19 heavy (non-hydrogen) atoms. The Balaban J connectivity index is 1.72. The molecule has 1 aliphatic rings. The number of hydrogen-bond acceptors (Lipinski definition) is 2. The molecule has 0 atom stereocenters. The second kappa shape index (κ2) is 5.35. The van der Waals surface area contributed by atoms with Crippen LogP contribution in [0.4, 0.5) is 5.69 Å². The summed E-state index contributed by atoms with van der Waals surface area (Å²) in [4.78, 5) is 0. The fourth-order valence-corrected chi connectivity index (χ4v) is 2.73. The van der Waals surface area contributed by atoms with Crippen molar-refractivity contribution in [3.05, 3.63) is 59.2 Å². The molecule has 0 radical (unpaired) electrons. The number of methoxy groups -OCH3 is 1. The first kappa shape index (κ1) is 12.1. The second-order valence-corrected chi connectivity index (χ2v) is 5.00. The van der Waals surface area contributed by atoms with Crippen molar-refractivity contribution >= 4 is 5.69 Å². The van der Waals surface area contributed by atoms with Gasteiger partial charge in [0.1, 0.15) is 5.75 Å². The van der Waals surface area contributed by atoms with Crippen LogP contribution in [-0.4, -0.2) is 7.11 Å². The third-order valence-electron chi connectivity index (χ3n) is 3.77. The van der Waals surface area contributed by atoms with Crippen LogP contribution in [0.1, 0.15) is 23.1 Å². The Labute approximate surface area is 114 Å². The molecule has 1 N–H and O–H groups in total. The summed E-state index contributed by atoms with van der Waals surface area (Å²) in [5.41, 5.74) is 5.41. The molecule has 1 aliphatic carbocycles. The molecule has 0 saturated carbocycles. The maximum atomic E-state index is 5.37. The van der Waals surface area contributed by atoms with Crippen LogP contribution in [0, 0.1) is 0 Å². The smallest absolute Gasteiger partial charge is 0.123 e. The Morgan fingerprint density at radius 3 is 2.79 bits per heavy atom. The normalized spacial score (nSPS) is 13.1. The fraction of sp³-hybridized carbons (Fsp3) is 0.294. The van der Waals surface area contributed by atoms with Gasteiger partial charge in [-0.1, -0.05) is 24.3 Å². The van der Waals surface area contributed by atoms with Gasteiger partial charge in [-0.25, -0.2) is 0 Å². The van der Waals surface area contributed by atoms with Crippen molar-refractivity contribution in [3.63, 3.8) is 0 Å². The zero-order chi connectivity index (χ0) is 13.1. The Hall–Kier alpha value is -1.96. The summed E-state index contributed by atoms with van der Waals surface area (Å²) in [7, 11) is 1.72. The highest BCUT2D eigenvalue weighted by Crippen LogP contribution is 2.25. The lowest BCUT2D eigenvalue weighted by atomic mass is 10.1. The molecule has 0 heterocycles. The molecular weight excluding hydrogens is 234 g/mol. The molecule has 98 valence electrons. The highest BCUT2D eigenvalue weighted by Gasteiger charge is 2.10. The lowest BCUT2D eigenvalue weighted by Gasteiger charge is -2.11. The van der Waals surface area contributed by atoms with Crippen molar-refractivity contribution in [2.75, 3.05) is 12.4 Å². The van der Waals surface area contributed by atoms with E-state index in [1.165, 1.54) is 41.6 Å². The van der Waals surface area contributed by atoms with E-state index < -0.39 is 0 Å². The summed E-state index contributed by atoms with van der Waals surface area (Å²) < 4.78 is 5.37. The van der Waals surface area contributed by atoms with Crippen LogP contribution in [0.5, 0.6) is 5.75 Å². The predicted octanol–water partition coefficient (Wildman–Crippen LogP) is 3.80. The van der Waals surface area contributed by atoms with Crippen molar-refractivity contribution in [1.82, 2.24) is 0 Å². The monoisotopic (exact) mass is 253 g/mol. The zero-order valence-corrected chi connectivity index (χ0v) is 11.3. The van der Waals surface area contributed by atoms with Gasteiger partial charge in [0.05, 0.1) is 7.11 Å². The van der Waals surface area contributed by atoms with Gasteiger partial charge in [0.15, 0.2) is 0 Å². The third-order valence-corrected chi connectivity index (χ3v) is 3.77. The van der Waals surface area contributed by atoms with Crippen LogP contribution in [-0.2, 0) is 19.4 Å². The van der Waals surface area contributed by atoms with Crippen LogP contribution in [0.15, 0.2) is 42.5 Å². The van der Waals surface area contributed by atoms with Gasteiger partial charge in [-0.3, -0.25) is 0 Å². The molecule has 3 rings (SSSR count). The molecule has 2 nitrogen and oxygen atoms in total. The maximum absolute atomic E-state index is 5.37. The number of ether oxygens (including phenoxy) is 1. The second-order valence-electron chi connectivity index (χ2n) is 5.00. The van der Waals surface area contributed by atoms with Crippen molar-refractivity contribution in [1.29, 1.82) is 0 Å². The van der Waals surface area contributed by atoms with Gasteiger partial charge in [0.25, 0.3) is 0 Å². The van der Waals surface area contributed by atoms with Gasteiger partial charge >= 0.3 is 0 Å². The molecule has 0 bridgehead atoms. The van der Waals surface area contributed by atoms with E-state index in [0.717, 1.165) is 12.3 Å². The quantitative estimate of drug-likeness (QED) is 0.895. The van der Waals surface area contributed by atoms with E-state index in [-0.39, 0.29) is 0 Å². The van der Waals surface area contributed by atoms with E-state index in [2.05, 4.69) is 29.6 Å². The fourth-order valence-electron chi connectivity index (χ4n) is 2.73. The molecule has 2 aromatic carbocycles. The number of aryl methyl sites for hydroxylation is 2. The minimum atomic E-state index is 0.794. The number of para-hydroxylation sites is 1. The summed E-state index contributed by atoms with van der Waals surface area (Å²) in [6.45, 7) is 0.794. The predicted molar refractivity (Wildman–Crippen MR) is 78.8 cm³/mol. The van der Waals surface area contributed by atoms with Crippen molar-refractivity contribution < 1.29 is 4.74 Å². The minimum absolute atomic E-state index is 0.794. The molecule has 2 aromatic rings. The summed E-state index contributed by atoms with van der Waals surface area (Å²) in [6.07, 6.45) is 3.76. The summed E-state index contributed by atoms with van der Waals surface area (Å²) in [5, 5.41) is 3.49. The lowest BCUT2D eigenvalue weighted by molar-refractivity contribution is 0.410. The van der Waals surface area contributed by atoms with E-state index >= 15 is 0 Å². The van der Waals surface area contributed by atoms with E-state index in [9.17, 15) is 0 Å². The van der Waals surface area contributed by atoms with Crippen molar-refractivity contribution in [3.8, 4) is 5.75 Å². The average Bonchev–Trinajstić information content (AvgIpc) is 2.93. The molecule has 0 amide bonds. The zero-order valence-electron chi connectivity index (χ0n) is 11.3. The summed E-state index contributed by atoms with van der Waals surface area (Å²) >= 11 is 0. The Kier molecular flexibility index (Phi) is 3.41. The molecule has 0 fully saturated rings. The number of nitrogens with one attached hydrogen (secondary N) is 1. The van der Waals surface area contributed by atoms with Gasteiger partial charge in [-0.15, -0.1) is 0 Å². The van der Waals surface area contributed by atoms with E-state index in [0.29, 0.717) is 0 Å². The van der Waals surface area contributed by atoms with Gasteiger partial charge in [-0.05, 0) is 48.6 Å². The van der Waals surface area contributed by atoms with Crippen molar-refractivity contribution in [2.45, 2.75) is 25.8 Å². The van der Waals surface area contributed by atoms with Crippen LogP contribution in [0.2, 0.25) is 0 Å². The first-order valence-corrected chi connectivity index (χ1v) is 6.84. The molecule has 2 heteroatoms. The number of fused-ring (bicyclic) bond motifs is 1. The SMILES string of the molecule is COc1ccccc1CNc1ccc2c(c1)CCC2. The van der Waals surface area contributed by atoms with Gasteiger partial charge in [0.2, 0.25) is 0 Å². The number of hydrogen-bond donors (Lipinski definition) is 1. The standard InChI is InChI=1S/C17H19NO/c1-19-17-8-3-2-5-15(17)12-18-16-10-9-13-6-4-7-14(13)11-16/h2-3,5,8-11,18H,4,6-7,12H2,1H3. The largest absolute Gasteiger partial charge is 0.496 e. The minimum Gasteiger partial charge on any atom is -0.496 e. The van der Waals surface area contributed by atoms with Crippen LogP contribution >= 0.6 is 0 Å². The Morgan fingerprint density at radius 2 is 1.89 bits per heavy atom. The van der Waals surface area contributed by atoms with E-state index in [1.54, 1.807) is 7.11 Å². The van der Waals surface area contributed by atoms with Gasteiger partial charge in [-0.2, -0.15) is 0 Å². The summed E-state index contributed by atoms with van der Waals surface area (Å²) in [5.74, 6) is 0.941. The van der Waals surface area contributed by atoms with E-state index in [1.807, 2.05) is 18.2 Å². The molecule has 0 unspecified atom stereocenters. The summed E-state index contributed by atoms with van der Waals surface area (Å²) in [6, 6.07) is 14.9. The molecule has 0 spiro atoms.